The van der Waals surface area contributed by atoms with Crippen molar-refractivity contribution in [1.29, 1.82) is 0 Å². The highest BCUT2D eigenvalue weighted by molar-refractivity contribution is 5.76. The number of nitrogens with one attached hydrogen (secondary N) is 1. The third kappa shape index (κ3) is 2.22. The summed E-state index contributed by atoms with van der Waals surface area (Å²) in [7, 11) is 0. The molecule has 0 atom stereocenters. The fourth-order valence-electron chi connectivity index (χ4n) is 2.80. The zero-order chi connectivity index (χ0) is 12.4. The molecule has 2 fully saturated rings. The van der Waals surface area contributed by atoms with Gasteiger partial charge in [-0.2, -0.15) is 0 Å². The van der Waals surface area contributed by atoms with Gasteiger partial charge in [0.1, 0.15) is 5.76 Å². The number of carbonyl (C=O) groups is 1. The van der Waals surface area contributed by atoms with Crippen LogP contribution in [-0.4, -0.2) is 48.1 Å². The highest BCUT2D eigenvalue weighted by atomic mass is 16.3. The molecule has 0 radical (unpaired) electrons. The van der Waals surface area contributed by atoms with Gasteiger partial charge in [-0.25, -0.2) is 4.79 Å². The lowest BCUT2D eigenvalue weighted by Crippen LogP contribution is -2.45. The van der Waals surface area contributed by atoms with E-state index in [0.717, 1.165) is 44.8 Å². The predicted molar refractivity (Wildman–Crippen MR) is 67.1 cm³/mol. The van der Waals surface area contributed by atoms with Gasteiger partial charge in [-0.05, 0) is 38.1 Å². The number of nitrogens with zero attached hydrogens (tertiary/aromatic N) is 2. The fraction of sp³-hybridized carbons (Fsp3) is 0.615. The summed E-state index contributed by atoms with van der Waals surface area (Å²) in [6, 6.07) is 4.36. The van der Waals surface area contributed by atoms with Gasteiger partial charge in [0, 0.05) is 19.1 Å². The van der Waals surface area contributed by atoms with Gasteiger partial charge in [0.05, 0.1) is 12.8 Å². The van der Waals surface area contributed by atoms with Crippen molar-refractivity contribution >= 4 is 6.03 Å². The van der Waals surface area contributed by atoms with Gasteiger partial charge < -0.3 is 19.5 Å². The Morgan fingerprint density at radius 3 is 2.89 bits per heavy atom. The molecule has 18 heavy (non-hydrogen) atoms. The van der Waals surface area contributed by atoms with Crippen LogP contribution in [0, 0.1) is 0 Å². The lowest BCUT2D eigenvalue weighted by Gasteiger charge is -2.31. The van der Waals surface area contributed by atoms with E-state index in [-0.39, 0.29) is 6.03 Å². The van der Waals surface area contributed by atoms with Crippen molar-refractivity contribution in [2.24, 2.45) is 0 Å². The molecule has 2 amide bonds. The minimum atomic E-state index is 0.165. The first-order chi connectivity index (χ1) is 8.84. The molecule has 2 saturated heterocycles. The van der Waals surface area contributed by atoms with Gasteiger partial charge in [0.15, 0.2) is 0 Å². The zero-order valence-electron chi connectivity index (χ0n) is 10.5. The first kappa shape index (κ1) is 11.6. The fourth-order valence-corrected chi connectivity index (χ4v) is 2.80. The number of urea groups is 1. The maximum Gasteiger partial charge on any atom is 0.320 e. The van der Waals surface area contributed by atoms with Crippen molar-refractivity contribution in [3.05, 3.63) is 24.2 Å². The summed E-state index contributed by atoms with van der Waals surface area (Å²) in [6.45, 7) is 4.29. The predicted octanol–water partition coefficient (Wildman–Crippen LogP) is 1.27. The lowest BCUT2D eigenvalue weighted by atomic mass is 10.1. The van der Waals surface area contributed by atoms with Crippen molar-refractivity contribution in [3.8, 4) is 0 Å². The van der Waals surface area contributed by atoms with E-state index in [2.05, 4.69) is 5.32 Å². The van der Waals surface area contributed by atoms with Gasteiger partial charge in [-0.15, -0.1) is 0 Å². The van der Waals surface area contributed by atoms with Crippen LogP contribution in [-0.2, 0) is 6.54 Å². The maximum absolute atomic E-state index is 12.3. The molecule has 5 nitrogen and oxygen atoms in total. The van der Waals surface area contributed by atoms with E-state index in [1.807, 2.05) is 21.9 Å². The second-order valence-electron chi connectivity index (χ2n) is 4.96. The van der Waals surface area contributed by atoms with Crippen LogP contribution in [0.5, 0.6) is 0 Å². The number of carbonyl (C=O) groups excluding carboxylic acids is 1. The minimum absolute atomic E-state index is 0.165. The second kappa shape index (κ2) is 5.02. The Bertz CT molecular complexity index is 398. The van der Waals surface area contributed by atoms with Crippen LogP contribution in [0.15, 0.2) is 22.8 Å². The third-order valence-electron chi connectivity index (χ3n) is 3.80. The molecule has 3 rings (SSSR count). The molecule has 1 N–H and O–H groups in total. The number of rotatable bonds is 3. The van der Waals surface area contributed by atoms with Crippen molar-refractivity contribution in [3.63, 3.8) is 0 Å². The van der Waals surface area contributed by atoms with Crippen LogP contribution in [0.1, 0.15) is 18.6 Å². The van der Waals surface area contributed by atoms with Gasteiger partial charge in [0.25, 0.3) is 0 Å². The summed E-state index contributed by atoms with van der Waals surface area (Å²) in [5.41, 5.74) is 0. The highest BCUT2D eigenvalue weighted by Gasteiger charge is 2.34. The molecule has 0 bridgehead atoms. The standard InChI is InChI=1S/C13H19N3O2/c17-13-15(10-12-2-1-9-18-12)7-8-16(13)11-3-5-14-6-4-11/h1-2,9,11,14H,3-8,10H2. The molecule has 0 aliphatic carbocycles. The molecular weight excluding hydrogens is 230 g/mol. The molecule has 2 aliphatic rings. The Morgan fingerprint density at radius 2 is 2.17 bits per heavy atom. The van der Waals surface area contributed by atoms with Crippen LogP contribution < -0.4 is 5.32 Å². The Labute approximate surface area is 107 Å². The molecule has 0 spiro atoms. The van der Waals surface area contributed by atoms with Gasteiger partial charge in [-0.1, -0.05) is 0 Å². The SMILES string of the molecule is O=C1N(Cc2ccco2)CCN1C1CCNCC1. The summed E-state index contributed by atoms with van der Waals surface area (Å²) < 4.78 is 5.30. The summed E-state index contributed by atoms with van der Waals surface area (Å²) in [4.78, 5) is 16.2. The number of furan rings is 1. The van der Waals surface area contributed by atoms with Crippen LogP contribution in [0.3, 0.4) is 0 Å². The molecule has 98 valence electrons. The first-order valence-corrected chi connectivity index (χ1v) is 6.63. The topological polar surface area (TPSA) is 48.7 Å². The molecular formula is C13H19N3O2. The quantitative estimate of drug-likeness (QED) is 0.877. The molecule has 0 unspecified atom stereocenters. The minimum Gasteiger partial charge on any atom is -0.467 e. The van der Waals surface area contributed by atoms with Crippen LogP contribution in [0.2, 0.25) is 0 Å². The highest BCUT2D eigenvalue weighted by Crippen LogP contribution is 2.20. The van der Waals surface area contributed by atoms with Crippen molar-refractivity contribution < 1.29 is 9.21 Å². The lowest BCUT2D eigenvalue weighted by molar-refractivity contribution is 0.163. The van der Waals surface area contributed by atoms with E-state index < -0.39 is 0 Å². The van der Waals surface area contributed by atoms with E-state index in [4.69, 9.17) is 4.42 Å². The molecule has 2 aliphatic heterocycles. The van der Waals surface area contributed by atoms with Crippen LogP contribution in [0.4, 0.5) is 4.79 Å². The van der Waals surface area contributed by atoms with Crippen molar-refractivity contribution in [2.75, 3.05) is 26.2 Å². The Hall–Kier alpha value is -1.49. The van der Waals surface area contributed by atoms with Crippen molar-refractivity contribution in [1.82, 2.24) is 15.1 Å². The van der Waals surface area contributed by atoms with E-state index in [1.54, 1.807) is 6.26 Å². The molecule has 1 aromatic heterocycles. The van der Waals surface area contributed by atoms with E-state index in [0.29, 0.717) is 12.6 Å². The summed E-state index contributed by atoms with van der Waals surface area (Å²) in [6.07, 6.45) is 3.79. The molecule has 5 heteroatoms. The number of hydrogen-bond acceptors (Lipinski definition) is 3. The molecule has 1 aromatic rings. The largest absolute Gasteiger partial charge is 0.467 e. The molecule has 0 saturated carbocycles. The van der Waals surface area contributed by atoms with Crippen LogP contribution in [0.25, 0.3) is 0 Å². The number of piperidine rings is 1. The Morgan fingerprint density at radius 1 is 1.33 bits per heavy atom. The molecule has 3 heterocycles. The average molecular weight is 249 g/mol. The first-order valence-electron chi connectivity index (χ1n) is 6.63. The Kier molecular flexibility index (Phi) is 3.23. The Balaban J connectivity index is 1.61. The van der Waals surface area contributed by atoms with Gasteiger partial charge >= 0.3 is 6.03 Å². The smallest absolute Gasteiger partial charge is 0.320 e. The average Bonchev–Trinajstić information content (AvgIpc) is 3.03. The normalized spacial score (nSPS) is 21.9. The van der Waals surface area contributed by atoms with Gasteiger partial charge in [0.2, 0.25) is 0 Å². The zero-order valence-corrected chi connectivity index (χ0v) is 10.5. The van der Waals surface area contributed by atoms with E-state index in [9.17, 15) is 4.79 Å². The summed E-state index contributed by atoms with van der Waals surface area (Å²) in [5.74, 6) is 0.857. The summed E-state index contributed by atoms with van der Waals surface area (Å²) >= 11 is 0. The number of amides is 2. The molecule has 0 aromatic carbocycles. The van der Waals surface area contributed by atoms with Crippen LogP contribution >= 0.6 is 0 Å². The van der Waals surface area contributed by atoms with E-state index in [1.165, 1.54) is 0 Å². The second-order valence-corrected chi connectivity index (χ2v) is 4.96. The van der Waals surface area contributed by atoms with Gasteiger partial charge in [-0.3, -0.25) is 0 Å². The van der Waals surface area contributed by atoms with E-state index >= 15 is 0 Å². The maximum atomic E-state index is 12.3. The summed E-state index contributed by atoms with van der Waals surface area (Å²) in [5, 5.41) is 3.33. The van der Waals surface area contributed by atoms with Crippen molar-refractivity contribution in [2.45, 2.75) is 25.4 Å². The monoisotopic (exact) mass is 249 g/mol. The number of hydrogen-bond donors (Lipinski definition) is 1. The third-order valence-corrected chi connectivity index (χ3v) is 3.80.